The Balaban J connectivity index is 2.46. The van der Waals surface area contributed by atoms with E-state index >= 15 is 0 Å². The van der Waals surface area contributed by atoms with E-state index in [0.717, 1.165) is 17.4 Å². The zero-order chi connectivity index (χ0) is 12.0. The number of rotatable bonds is 5. The van der Waals surface area contributed by atoms with Crippen LogP contribution in [0.1, 0.15) is 5.56 Å². The molecule has 1 amide bonds. The van der Waals surface area contributed by atoms with Crippen LogP contribution < -0.4 is 5.32 Å². The maximum atomic E-state index is 11.3. The molecule has 0 bridgehead atoms. The Morgan fingerprint density at radius 2 is 1.94 bits per heavy atom. The van der Waals surface area contributed by atoms with Crippen molar-refractivity contribution in [3.05, 3.63) is 29.8 Å². The van der Waals surface area contributed by atoms with Crippen LogP contribution in [0.3, 0.4) is 0 Å². The molecule has 0 radical (unpaired) electrons. The summed E-state index contributed by atoms with van der Waals surface area (Å²) in [6, 6.07) is 8.15. The highest BCUT2D eigenvalue weighted by Gasteiger charge is 2.02. The van der Waals surface area contributed by atoms with Crippen LogP contribution in [0.5, 0.6) is 0 Å². The second kappa shape index (κ2) is 6.53. The normalized spacial score (nSPS) is 9.94. The molecule has 0 aliphatic heterocycles. The molecule has 4 heteroatoms. The van der Waals surface area contributed by atoms with Crippen molar-refractivity contribution >= 4 is 27.5 Å². The van der Waals surface area contributed by atoms with Gasteiger partial charge in [-0.25, -0.2) is 0 Å². The largest absolute Gasteiger partial charge is 0.376 e. The van der Waals surface area contributed by atoms with E-state index < -0.39 is 0 Å². The number of carbonyl (C=O) groups is 1. The van der Waals surface area contributed by atoms with Crippen molar-refractivity contribution in [1.82, 2.24) is 4.90 Å². The van der Waals surface area contributed by atoms with E-state index in [0.29, 0.717) is 6.54 Å². The first-order valence-electron chi connectivity index (χ1n) is 5.22. The van der Waals surface area contributed by atoms with E-state index in [4.69, 9.17) is 0 Å². The Morgan fingerprint density at radius 1 is 1.31 bits per heavy atom. The van der Waals surface area contributed by atoms with E-state index in [1.54, 1.807) is 19.0 Å². The Bertz CT molecular complexity index is 335. The first-order valence-corrected chi connectivity index (χ1v) is 6.34. The van der Waals surface area contributed by atoms with Gasteiger partial charge in [0.05, 0.1) is 6.54 Å². The predicted octanol–water partition coefficient (Wildman–Crippen LogP) is 2.12. The van der Waals surface area contributed by atoms with Crippen molar-refractivity contribution in [3.8, 4) is 0 Å². The molecule has 0 saturated carbocycles. The summed E-state index contributed by atoms with van der Waals surface area (Å²) in [7, 11) is 3.51. The third-order valence-corrected chi connectivity index (χ3v) is 2.68. The predicted molar refractivity (Wildman–Crippen MR) is 71.1 cm³/mol. The molecule has 16 heavy (non-hydrogen) atoms. The molecule has 1 N–H and O–H groups in total. The Morgan fingerprint density at radius 3 is 2.44 bits per heavy atom. The summed E-state index contributed by atoms with van der Waals surface area (Å²) in [6.45, 7) is 0.338. The minimum atomic E-state index is 0.0736. The van der Waals surface area contributed by atoms with Gasteiger partial charge in [0.25, 0.3) is 0 Å². The number of alkyl halides is 1. The molecule has 0 saturated heterocycles. The van der Waals surface area contributed by atoms with E-state index in [1.165, 1.54) is 5.56 Å². The second-order valence-electron chi connectivity index (χ2n) is 3.78. The molecule has 0 heterocycles. The van der Waals surface area contributed by atoms with Gasteiger partial charge in [-0.15, -0.1) is 0 Å². The molecule has 0 aliphatic rings. The molecular formula is C12H17BrN2O. The zero-order valence-electron chi connectivity index (χ0n) is 9.66. The summed E-state index contributed by atoms with van der Waals surface area (Å²) < 4.78 is 0. The summed E-state index contributed by atoms with van der Waals surface area (Å²) in [6.07, 6.45) is 1.02. The van der Waals surface area contributed by atoms with Gasteiger partial charge in [0.15, 0.2) is 0 Å². The van der Waals surface area contributed by atoms with Crippen molar-refractivity contribution in [2.75, 3.05) is 31.3 Å². The number of hydrogen-bond acceptors (Lipinski definition) is 2. The lowest BCUT2D eigenvalue weighted by Gasteiger charge is -2.11. The number of nitrogens with one attached hydrogen (secondary N) is 1. The molecule has 0 unspecified atom stereocenters. The van der Waals surface area contributed by atoms with Crippen LogP contribution in [0.2, 0.25) is 0 Å². The van der Waals surface area contributed by atoms with E-state index in [-0.39, 0.29) is 5.91 Å². The highest BCUT2D eigenvalue weighted by atomic mass is 79.9. The summed E-state index contributed by atoms with van der Waals surface area (Å²) >= 11 is 3.40. The first kappa shape index (κ1) is 13.0. The molecule has 3 nitrogen and oxygen atoms in total. The molecule has 1 rings (SSSR count). The Labute approximate surface area is 105 Å². The number of carbonyl (C=O) groups excluding carboxylic acids is 1. The molecule has 0 aliphatic carbocycles. The quantitative estimate of drug-likeness (QED) is 0.840. The third-order valence-electron chi connectivity index (χ3n) is 2.28. The van der Waals surface area contributed by atoms with Gasteiger partial charge in [0.1, 0.15) is 0 Å². The number of aryl methyl sites for hydroxylation is 1. The van der Waals surface area contributed by atoms with Gasteiger partial charge in [-0.3, -0.25) is 4.79 Å². The molecule has 1 aromatic rings. The fourth-order valence-electron chi connectivity index (χ4n) is 1.23. The lowest BCUT2D eigenvalue weighted by Crippen LogP contribution is -2.28. The van der Waals surface area contributed by atoms with Crippen LogP contribution in [-0.4, -0.2) is 36.8 Å². The lowest BCUT2D eigenvalue weighted by atomic mass is 10.1. The van der Waals surface area contributed by atoms with Crippen LogP contribution in [-0.2, 0) is 11.2 Å². The Hall–Kier alpha value is -1.03. The standard InChI is InChI=1S/C12H17BrN2O/c1-15(2)12(16)9-14-11-5-3-10(4-6-11)7-8-13/h3-6,14H,7-9H2,1-2H3. The maximum absolute atomic E-state index is 11.3. The summed E-state index contributed by atoms with van der Waals surface area (Å²) in [5, 5.41) is 4.06. The monoisotopic (exact) mass is 284 g/mol. The third kappa shape index (κ3) is 4.23. The summed E-state index contributed by atoms with van der Waals surface area (Å²) in [4.78, 5) is 12.9. The van der Waals surface area contributed by atoms with Gasteiger partial charge >= 0.3 is 0 Å². The molecule has 1 aromatic carbocycles. The van der Waals surface area contributed by atoms with Gasteiger partial charge in [-0.05, 0) is 24.1 Å². The van der Waals surface area contributed by atoms with Crippen molar-refractivity contribution in [1.29, 1.82) is 0 Å². The van der Waals surface area contributed by atoms with Crippen LogP contribution in [0, 0.1) is 0 Å². The van der Waals surface area contributed by atoms with Crippen molar-refractivity contribution in [2.45, 2.75) is 6.42 Å². The molecule has 0 aromatic heterocycles. The molecular weight excluding hydrogens is 268 g/mol. The van der Waals surface area contributed by atoms with Gasteiger partial charge in [0, 0.05) is 25.1 Å². The SMILES string of the molecule is CN(C)C(=O)CNc1ccc(CCBr)cc1. The summed E-state index contributed by atoms with van der Waals surface area (Å²) in [5.74, 6) is 0.0736. The van der Waals surface area contributed by atoms with Gasteiger partial charge < -0.3 is 10.2 Å². The molecule has 0 fully saturated rings. The van der Waals surface area contributed by atoms with Crippen molar-refractivity contribution < 1.29 is 4.79 Å². The highest BCUT2D eigenvalue weighted by molar-refractivity contribution is 9.09. The number of nitrogens with zero attached hydrogens (tertiary/aromatic N) is 1. The average Bonchev–Trinajstić information content (AvgIpc) is 2.28. The minimum absolute atomic E-state index is 0.0736. The molecule has 0 spiro atoms. The number of halogens is 1. The van der Waals surface area contributed by atoms with Crippen LogP contribution in [0.4, 0.5) is 5.69 Å². The fourth-order valence-corrected chi connectivity index (χ4v) is 1.69. The molecule has 0 atom stereocenters. The van der Waals surface area contributed by atoms with Gasteiger partial charge in [-0.2, -0.15) is 0 Å². The topological polar surface area (TPSA) is 32.3 Å². The number of hydrogen-bond donors (Lipinski definition) is 1. The highest BCUT2D eigenvalue weighted by Crippen LogP contribution is 2.10. The minimum Gasteiger partial charge on any atom is -0.376 e. The maximum Gasteiger partial charge on any atom is 0.241 e. The number of likely N-dealkylation sites (N-methyl/N-ethyl adjacent to an activating group) is 1. The average molecular weight is 285 g/mol. The van der Waals surface area contributed by atoms with Gasteiger partial charge in [-0.1, -0.05) is 28.1 Å². The van der Waals surface area contributed by atoms with Crippen molar-refractivity contribution in [3.63, 3.8) is 0 Å². The fraction of sp³-hybridized carbons (Fsp3) is 0.417. The van der Waals surface area contributed by atoms with Crippen LogP contribution in [0.15, 0.2) is 24.3 Å². The molecule has 88 valence electrons. The first-order chi connectivity index (χ1) is 7.63. The summed E-state index contributed by atoms with van der Waals surface area (Å²) in [5.41, 5.74) is 2.27. The second-order valence-corrected chi connectivity index (χ2v) is 4.57. The lowest BCUT2D eigenvalue weighted by molar-refractivity contribution is -0.126. The smallest absolute Gasteiger partial charge is 0.241 e. The van der Waals surface area contributed by atoms with Crippen LogP contribution in [0.25, 0.3) is 0 Å². The van der Waals surface area contributed by atoms with Crippen molar-refractivity contribution in [2.24, 2.45) is 0 Å². The van der Waals surface area contributed by atoms with E-state index in [9.17, 15) is 4.79 Å². The Kier molecular flexibility index (Phi) is 5.32. The van der Waals surface area contributed by atoms with E-state index in [1.807, 2.05) is 12.1 Å². The number of anilines is 1. The van der Waals surface area contributed by atoms with Gasteiger partial charge in [0.2, 0.25) is 5.91 Å². The van der Waals surface area contributed by atoms with E-state index in [2.05, 4.69) is 33.4 Å². The van der Waals surface area contributed by atoms with Crippen LogP contribution >= 0.6 is 15.9 Å². The zero-order valence-corrected chi connectivity index (χ0v) is 11.3. The number of amides is 1. The number of benzene rings is 1.